The van der Waals surface area contributed by atoms with E-state index in [4.69, 9.17) is 0 Å². The van der Waals surface area contributed by atoms with Gasteiger partial charge >= 0.3 is 18.1 Å². The van der Waals surface area contributed by atoms with Crippen LogP contribution in [0.3, 0.4) is 0 Å². The molecule has 0 bridgehead atoms. The molecule has 0 radical (unpaired) electrons. The number of esters is 2. The first kappa shape index (κ1) is 22.5. The molecule has 10 heteroatoms. The highest BCUT2D eigenvalue weighted by Gasteiger charge is 2.10. The first-order chi connectivity index (χ1) is 10.0. The quantitative estimate of drug-likeness (QED) is 0.230. The number of carbonyl (C=O) groups excluding carboxylic acids is 3. The van der Waals surface area contributed by atoms with Gasteiger partial charge in [-0.2, -0.15) is 0 Å². The highest BCUT2D eigenvalue weighted by molar-refractivity contribution is 7.98. The molecule has 124 valence electrons. The van der Waals surface area contributed by atoms with Crippen molar-refractivity contribution in [3.8, 4) is 0 Å². The minimum Gasteiger partial charge on any atom is -0.454 e. The fourth-order valence-electron chi connectivity index (χ4n) is 0.683. The van der Waals surface area contributed by atoms with Gasteiger partial charge in [0.25, 0.3) is 0 Å². The van der Waals surface area contributed by atoms with Crippen LogP contribution < -0.4 is 0 Å². The maximum Gasteiger partial charge on any atom is 0.509 e. The average molecular weight is 360 g/mol. The summed E-state index contributed by atoms with van der Waals surface area (Å²) in [4.78, 5) is 31.7. The third kappa shape index (κ3) is 19.3. The monoisotopic (exact) mass is 360 g/mol. The Hall–Kier alpha value is -0.740. The highest BCUT2D eigenvalue weighted by atomic mass is 32.2. The van der Waals surface area contributed by atoms with E-state index in [0.717, 1.165) is 0 Å². The van der Waals surface area contributed by atoms with Crippen molar-refractivity contribution in [2.45, 2.75) is 13.3 Å². The minimum absolute atomic E-state index is 0.0192. The minimum atomic E-state index is -0.615. The Morgan fingerprint density at radius 2 is 1.43 bits per heavy atom. The van der Waals surface area contributed by atoms with Gasteiger partial charge in [0.05, 0.1) is 6.61 Å². The molecule has 0 rings (SSSR count). The van der Waals surface area contributed by atoms with E-state index in [1.807, 2.05) is 6.26 Å². The Kier molecular flexibility index (Phi) is 18.6. The van der Waals surface area contributed by atoms with E-state index in [9.17, 15) is 14.4 Å². The SMILES string of the molecule is CCOC(=O)OCSC.CSCOC(=O)CC(=O)OCS. The third-order valence-electron chi connectivity index (χ3n) is 1.41. The molecule has 7 nitrogen and oxygen atoms in total. The summed E-state index contributed by atoms with van der Waals surface area (Å²) in [6.45, 7) is 2.10. The van der Waals surface area contributed by atoms with Crippen LogP contribution in [-0.4, -0.2) is 55.0 Å². The first-order valence-corrected chi connectivity index (χ1v) is 9.13. The van der Waals surface area contributed by atoms with Crippen LogP contribution in [0.25, 0.3) is 0 Å². The topological polar surface area (TPSA) is 88.1 Å². The van der Waals surface area contributed by atoms with Gasteiger partial charge in [-0.25, -0.2) is 4.79 Å². The van der Waals surface area contributed by atoms with Crippen LogP contribution in [0.5, 0.6) is 0 Å². The van der Waals surface area contributed by atoms with Gasteiger partial charge in [-0.3, -0.25) is 9.59 Å². The molecular formula is C11H20O7S3. The zero-order valence-corrected chi connectivity index (χ0v) is 14.7. The Balaban J connectivity index is 0. The summed E-state index contributed by atoms with van der Waals surface area (Å²) in [5.41, 5.74) is 0. The van der Waals surface area contributed by atoms with E-state index < -0.39 is 18.1 Å². The Morgan fingerprint density at radius 3 is 1.90 bits per heavy atom. The van der Waals surface area contributed by atoms with Gasteiger partial charge < -0.3 is 18.9 Å². The number of thioether (sulfide) groups is 2. The van der Waals surface area contributed by atoms with Crippen LogP contribution in [0.15, 0.2) is 0 Å². The average Bonchev–Trinajstić information content (AvgIpc) is 2.44. The van der Waals surface area contributed by atoms with E-state index in [1.54, 1.807) is 13.2 Å². The molecule has 0 atom stereocenters. The highest BCUT2D eigenvalue weighted by Crippen LogP contribution is 1.97. The molecule has 21 heavy (non-hydrogen) atoms. The molecular weight excluding hydrogens is 340 g/mol. The molecule has 0 unspecified atom stereocenters. The van der Waals surface area contributed by atoms with Crippen molar-refractivity contribution in [3.05, 3.63) is 0 Å². The molecule has 0 aliphatic carbocycles. The van der Waals surface area contributed by atoms with E-state index in [1.165, 1.54) is 23.5 Å². The number of hydrogen-bond acceptors (Lipinski definition) is 10. The number of ether oxygens (including phenoxy) is 4. The van der Waals surface area contributed by atoms with Gasteiger partial charge in [0.15, 0.2) is 0 Å². The van der Waals surface area contributed by atoms with Crippen LogP contribution in [0.2, 0.25) is 0 Å². The van der Waals surface area contributed by atoms with Crippen molar-refractivity contribution >= 4 is 54.2 Å². The molecule has 0 aromatic rings. The lowest BCUT2D eigenvalue weighted by Gasteiger charge is -2.01. The Bertz CT molecular complexity index is 300. The van der Waals surface area contributed by atoms with E-state index >= 15 is 0 Å². The molecule has 0 aliphatic heterocycles. The lowest BCUT2D eigenvalue weighted by molar-refractivity contribution is -0.152. The maximum absolute atomic E-state index is 10.7. The standard InChI is InChI=1S/C6H10O4S2.C5H10O3S/c1-12-4-10-6(8)2-5(7)9-3-11;1-3-7-5(6)8-4-9-2/h11H,2-4H2,1H3;3-4H2,1-2H3. The van der Waals surface area contributed by atoms with Gasteiger partial charge in [-0.1, -0.05) is 0 Å². The number of hydrogen-bond donors (Lipinski definition) is 1. The molecule has 0 aromatic carbocycles. The van der Waals surface area contributed by atoms with Gasteiger partial charge in [0, 0.05) is 0 Å². The van der Waals surface area contributed by atoms with Crippen molar-refractivity contribution < 1.29 is 33.3 Å². The van der Waals surface area contributed by atoms with Crippen LogP contribution >= 0.6 is 36.2 Å². The predicted molar refractivity (Wildman–Crippen MR) is 85.5 cm³/mol. The van der Waals surface area contributed by atoms with Crippen molar-refractivity contribution in [1.82, 2.24) is 0 Å². The second kappa shape index (κ2) is 17.3. The molecule has 0 heterocycles. The van der Waals surface area contributed by atoms with Gasteiger partial charge in [0.1, 0.15) is 24.2 Å². The fraction of sp³-hybridized carbons (Fsp3) is 0.727. The van der Waals surface area contributed by atoms with Crippen molar-refractivity contribution in [2.75, 3.05) is 36.9 Å². The number of thiol groups is 1. The maximum atomic E-state index is 10.7. The largest absolute Gasteiger partial charge is 0.509 e. The summed E-state index contributed by atoms with van der Waals surface area (Å²) in [5.74, 6) is -0.590. The van der Waals surface area contributed by atoms with Crippen LogP contribution in [0, 0.1) is 0 Å². The zero-order valence-electron chi connectivity index (χ0n) is 12.2. The second-order valence-corrected chi connectivity index (χ2v) is 4.86. The van der Waals surface area contributed by atoms with E-state index in [-0.39, 0.29) is 18.3 Å². The van der Waals surface area contributed by atoms with Crippen molar-refractivity contribution in [1.29, 1.82) is 0 Å². The van der Waals surface area contributed by atoms with Crippen LogP contribution in [0.1, 0.15) is 13.3 Å². The van der Waals surface area contributed by atoms with Crippen LogP contribution in [0.4, 0.5) is 4.79 Å². The molecule has 0 saturated carbocycles. The smallest absolute Gasteiger partial charge is 0.454 e. The van der Waals surface area contributed by atoms with Crippen molar-refractivity contribution in [3.63, 3.8) is 0 Å². The molecule has 0 amide bonds. The number of rotatable bonds is 8. The summed E-state index contributed by atoms with van der Waals surface area (Å²) < 4.78 is 18.0. The molecule has 0 aliphatic rings. The fourth-order valence-corrected chi connectivity index (χ4v) is 1.29. The van der Waals surface area contributed by atoms with E-state index in [0.29, 0.717) is 12.5 Å². The molecule has 0 N–H and O–H groups in total. The van der Waals surface area contributed by atoms with Crippen LogP contribution in [-0.2, 0) is 28.5 Å². The molecule has 0 aromatic heterocycles. The van der Waals surface area contributed by atoms with Gasteiger partial charge in [-0.15, -0.1) is 36.2 Å². The molecule has 0 spiro atoms. The third-order valence-corrected chi connectivity index (χ3v) is 2.24. The first-order valence-electron chi connectivity index (χ1n) is 5.71. The summed E-state index contributed by atoms with van der Waals surface area (Å²) in [5, 5.41) is 0. The zero-order chi connectivity index (χ0) is 16.5. The lowest BCUT2D eigenvalue weighted by atomic mass is 10.4. The summed E-state index contributed by atoms with van der Waals surface area (Å²) >= 11 is 6.45. The summed E-state index contributed by atoms with van der Waals surface area (Å²) in [6, 6.07) is 0. The predicted octanol–water partition coefficient (Wildman–Crippen LogP) is 2.15. The normalized spacial score (nSPS) is 8.95. The number of carbonyl (C=O) groups is 3. The summed E-state index contributed by atoms with van der Waals surface area (Å²) in [7, 11) is 0. The Morgan fingerprint density at radius 1 is 0.905 bits per heavy atom. The van der Waals surface area contributed by atoms with Gasteiger partial charge in [-0.05, 0) is 19.4 Å². The van der Waals surface area contributed by atoms with Gasteiger partial charge in [0.2, 0.25) is 0 Å². The van der Waals surface area contributed by atoms with Crippen molar-refractivity contribution in [2.24, 2.45) is 0 Å². The van der Waals surface area contributed by atoms with E-state index in [2.05, 4.69) is 31.6 Å². The molecule has 0 fully saturated rings. The second-order valence-electron chi connectivity index (χ2n) is 2.98. The Labute approximate surface area is 138 Å². The lowest BCUT2D eigenvalue weighted by Crippen LogP contribution is -2.13. The summed E-state index contributed by atoms with van der Waals surface area (Å²) in [6.07, 6.45) is 2.70. The molecule has 0 saturated heterocycles.